The molecule has 1 aliphatic heterocycles. The highest BCUT2D eigenvalue weighted by atomic mass is 16.4. The summed E-state index contributed by atoms with van der Waals surface area (Å²) in [6.07, 6.45) is 7.00. The second-order valence-corrected chi connectivity index (χ2v) is 5.38. The van der Waals surface area contributed by atoms with Crippen LogP contribution in [-0.2, 0) is 4.79 Å². The number of carboxylic acids is 1. The number of nitrogens with one attached hydrogen (secondary N) is 1. The van der Waals surface area contributed by atoms with Crippen molar-refractivity contribution in [1.82, 2.24) is 10.2 Å². The third kappa shape index (κ3) is 3.15. The highest BCUT2D eigenvalue weighted by Gasteiger charge is 2.31. The van der Waals surface area contributed by atoms with Gasteiger partial charge in [0.15, 0.2) is 0 Å². The summed E-state index contributed by atoms with van der Waals surface area (Å²) in [5, 5.41) is 12.1. The molecule has 0 spiro atoms. The SMILES string of the molecule is O=C(O)C1CCCCCN1C(=O)NCC1CCC1. The van der Waals surface area contributed by atoms with Gasteiger partial charge < -0.3 is 15.3 Å². The maximum Gasteiger partial charge on any atom is 0.326 e. The van der Waals surface area contributed by atoms with E-state index in [4.69, 9.17) is 0 Å². The Morgan fingerprint density at radius 1 is 1.11 bits per heavy atom. The van der Waals surface area contributed by atoms with Gasteiger partial charge in [-0.2, -0.15) is 0 Å². The summed E-state index contributed by atoms with van der Waals surface area (Å²) >= 11 is 0. The minimum atomic E-state index is -0.879. The number of carboxylic acid groups (broad SMARTS) is 1. The van der Waals surface area contributed by atoms with Crippen molar-refractivity contribution in [2.45, 2.75) is 51.0 Å². The standard InChI is InChI=1S/C13H22N2O3/c16-12(17)11-7-2-1-3-8-15(11)13(18)14-9-10-5-4-6-10/h10-11H,1-9H2,(H,14,18)(H,16,17). The van der Waals surface area contributed by atoms with Crippen molar-refractivity contribution in [3.05, 3.63) is 0 Å². The predicted molar refractivity (Wildman–Crippen MR) is 67.3 cm³/mol. The van der Waals surface area contributed by atoms with Gasteiger partial charge in [0.2, 0.25) is 0 Å². The van der Waals surface area contributed by atoms with E-state index in [9.17, 15) is 14.7 Å². The minimum absolute atomic E-state index is 0.198. The molecular weight excluding hydrogens is 232 g/mol. The number of aliphatic carboxylic acids is 1. The molecule has 0 aromatic heterocycles. The molecule has 0 aromatic carbocycles. The number of carbonyl (C=O) groups is 2. The average Bonchev–Trinajstić information content (AvgIpc) is 2.51. The molecule has 0 radical (unpaired) electrons. The molecule has 2 fully saturated rings. The molecule has 0 bridgehead atoms. The Kier molecular flexibility index (Phi) is 4.44. The summed E-state index contributed by atoms with van der Waals surface area (Å²) in [6.45, 7) is 1.26. The second-order valence-electron chi connectivity index (χ2n) is 5.38. The lowest BCUT2D eigenvalue weighted by Gasteiger charge is -2.30. The van der Waals surface area contributed by atoms with Crippen LogP contribution >= 0.6 is 0 Å². The Bertz CT molecular complexity index is 315. The number of amides is 2. The first kappa shape index (κ1) is 13.2. The van der Waals surface area contributed by atoms with Crippen molar-refractivity contribution in [3.63, 3.8) is 0 Å². The fourth-order valence-corrected chi connectivity index (χ4v) is 2.64. The first-order valence-electron chi connectivity index (χ1n) is 6.96. The van der Waals surface area contributed by atoms with Crippen LogP contribution in [0.5, 0.6) is 0 Å². The lowest BCUT2D eigenvalue weighted by molar-refractivity contribution is -0.142. The maximum atomic E-state index is 12.1. The summed E-state index contributed by atoms with van der Waals surface area (Å²) in [5.41, 5.74) is 0. The zero-order valence-corrected chi connectivity index (χ0v) is 10.7. The van der Waals surface area contributed by atoms with Crippen LogP contribution in [0.25, 0.3) is 0 Å². The minimum Gasteiger partial charge on any atom is -0.480 e. The molecule has 1 unspecified atom stereocenters. The summed E-state index contributed by atoms with van der Waals surface area (Å²) in [4.78, 5) is 24.8. The molecule has 1 saturated heterocycles. The molecule has 5 heteroatoms. The van der Waals surface area contributed by atoms with Gasteiger partial charge in [-0.1, -0.05) is 19.3 Å². The predicted octanol–water partition coefficient (Wildman–Crippen LogP) is 1.83. The largest absolute Gasteiger partial charge is 0.480 e. The fourth-order valence-electron chi connectivity index (χ4n) is 2.64. The van der Waals surface area contributed by atoms with E-state index in [0.29, 0.717) is 25.4 Å². The number of hydrogen-bond acceptors (Lipinski definition) is 2. The molecule has 2 rings (SSSR count). The molecule has 5 nitrogen and oxygen atoms in total. The molecular formula is C13H22N2O3. The summed E-state index contributed by atoms with van der Waals surface area (Å²) in [6, 6.07) is -0.843. The summed E-state index contributed by atoms with van der Waals surface area (Å²) < 4.78 is 0. The zero-order valence-electron chi connectivity index (χ0n) is 10.7. The van der Waals surface area contributed by atoms with Crippen molar-refractivity contribution < 1.29 is 14.7 Å². The molecule has 2 N–H and O–H groups in total. The van der Waals surface area contributed by atoms with Gasteiger partial charge in [-0.3, -0.25) is 0 Å². The van der Waals surface area contributed by atoms with Crippen LogP contribution in [-0.4, -0.2) is 41.1 Å². The fraction of sp³-hybridized carbons (Fsp3) is 0.846. The molecule has 1 aliphatic carbocycles. The molecule has 102 valence electrons. The van der Waals surface area contributed by atoms with Gasteiger partial charge in [0, 0.05) is 13.1 Å². The lowest BCUT2D eigenvalue weighted by Crippen LogP contribution is -2.50. The van der Waals surface area contributed by atoms with Crippen molar-refractivity contribution in [2.75, 3.05) is 13.1 Å². The van der Waals surface area contributed by atoms with Crippen LogP contribution in [0.4, 0.5) is 4.79 Å². The second kappa shape index (κ2) is 6.07. The van der Waals surface area contributed by atoms with Gasteiger partial charge in [0.05, 0.1) is 0 Å². The Morgan fingerprint density at radius 2 is 1.89 bits per heavy atom. The smallest absolute Gasteiger partial charge is 0.326 e. The number of rotatable bonds is 3. The molecule has 0 aromatic rings. The van der Waals surface area contributed by atoms with E-state index in [1.807, 2.05) is 0 Å². The third-order valence-corrected chi connectivity index (χ3v) is 4.07. The van der Waals surface area contributed by atoms with Crippen LogP contribution < -0.4 is 5.32 Å². The van der Waals surface area contributed by atoms with Crippen molar-refractivity contribution >= 4 is 12.0 Å². The molecule has 1 atom stereocenters. The van der Waals surface area contributed by atoms with E-state index < -0.39 is 12.0 Å². The normalized spacial score (nSPS) is 25.1. The van der Waals surface area contributed by atoms with Crippen LogP contribution in [0.1, 0.15) is 44.9 Å². The summed E-state index contributed by atoms with van der Waals surface area (Å²) in [7, 11) is 0. The van der Waals surface area contributed by atoms with Crippen LogP contribution in [0.15, 0.2) is 0 Å². The van der Waals surface area contributed by atoms with Gasteiger partial charge in [-0.25, -0.2) is 9.59 Å². The number of carbonyl (C=O) groups excluding carboxylic acids is 1. The van der Waals surface area contributed by atoms with Gasteiger partial charge in [-0.15, -0.1) is 0 Å². The maximum absolute atomic E-state index is 12.1. The van der Waals surface area contributed by atoms with Crippen LogP contribution in [0, 0.1) is 5.92 Å². The topological polar surface area (TPSA) is 69.6 Å². The van der Waals surface area contributed by atoms with Crippen LogP contribution in [0.2, 0.25) is 0 Å². The third-order valence-electron chi connectivity index (χ3n) is 4.07. The molecule has 1 heterocycles. The summed E-state index contributed by atoms with van der Waals surface area (Å²) in [5.74, 6) is -0.278. The van der Waals surface area contributed by atoms with E-state index in [1.54, 1.807) is 0 Å². The van der Waals surface area contributed by atoms with Crippen molar-refractivity contribution in [1.29, 1.82) is 0 Å². The Labute approximate surface area is 108 Å². The lowest BCUT2D eigenvalue weighted by atomic mass is 9.85. The highest BCUT2D eigenvalue weighted by Crippen LogP contribution is 2.25. The molecule has 1 saturated carbocycles. The van der Waals surface area contributed by atoms with E-state index in [1.165, 1.54) is 24.2 Å². The van der Waals surface area contributed by atoms with E-state index >= 15 is 0 Å². The number of hydrogen-bond donors (Lipinski definition) is 2. The van der Waals surface area contributed by atoms with Gasteiger partial charge in [0.1, 0.15) is 6.04 Å². The van der Waals surface area contributed by atoms with E-state index in [-0.39, 0.29) is 6.03 Å². The Morgan fingerprint density at radius 3 is 2.50 bits per heavy atom. The van der Waals surface area contributed by atoms with E-state index in [0.717, 1.165) is 19.3 Å². The molecule has 2 amide bonds. The van der Waals surface area contributed by atoms with E-state index in [2.05, 4.69) is 5.32 Å². The zero-order chi connectivity index (χ0) is 13.0. The molecule has 2 aliphatic rings. The monoisotopic (exact) mass is 254 g/mol. The quantitative estimate of drug-likeness (QED) is 0.807. The van der Waals surface area contributed by atoms with Gasteiger partial charge >= 0.3 is 12.0 Å². The van der Waals surface area contributed by atoms with Gasteiger partial charge in [0.25, 0.3) is 0 Å². The first-order chi connectivity index (χ1) is 8.68. The number of nitrogens with zero attached hydrogens (tertiary/aromatic N) is 1. The van der Waals surface area contributed by atoms with Crippen molar-refractivity contribution in [2.24, 2.45) is 5.92 Å². The number of urea groups is 1. The van der Waals surface area contributed by atoms with Crippen molar-refractivity contribution in [3.8, 4) is 0 Å². The average molecular weight is 254 g/mol. The molecule has 18 heavy (non-hydrogen) atoms. The Balaban J connectivity index is 1.88. The first-order valence-corrected chi connectivity index (χ1v) is 6.96. The van der Waals surface area contributed by atoms with Gasteiger partial charge in [-0.05, 0) is 31.6 Å². The Hall–Kier alpha value is -1.26. The number of likely N-dealkylation sites (tertiary alicyclic amines) is 1. The van der Waals surface area contributed by atoms with Crippen LogP contribution in [0.3, 0.4) is 0 Å². The highest BCUT2D eigenvalue weighted by molar-refractivity contribution is 5.82.